The van der Waals surface area contributed by atoms with Crippen LogP contribution < -0.4 is 5.56 Å². The monoisotopic (exact) mass is 391 g/mol. The summed E-state index contributed by atoms with van der Waals surface area (Å²) in [6.45, 7) is 2.55. The van der Waals surface area contributed by atoms with Gasteiger partial charge in [-0.05, 0) is 31.4 Å². The van der Waals surface area contributed by atoms with Crippen LogP contribution in [-0.4, -0.2) is 53.3 Å². The van der Waals surface area contributed by atoms with E-state index in [1.807, 2.05) is 13.0 Å². The summed E-state index contributed by atoms with van der Waals surface area (Å²) in [5.41, 5.74) is 0.469. The van der Waals surface area contributed by atoms with Gasteiger partial charge in [-0.15, -0.1) is 0 Å². The fourth-order valence-electron chi connectivity index (χ4n) is 3.58. The molecule has 146 valence electrons. The van der Waals surface area contributed by atoms with Crippen molar-refractivity contribution in [2.45, 2.75) is 45.1 Å². The molecule has 2 heterocycles. The minimum atomic E-state index is -3.02. The van der Waals surface area contributed by atoms with Crippen LogP contribution in [0.15, 0.2) is 29.1 Å². The zero-order valence-corrected chi connectivity index (χ0v) is 16.3. The van der Waals surface area contributed by atoms with Crippen LogP contribution in [0.2, 0.25) is 0 Å². The maximum Gasteiger partial charge on any atom is 0.258 e. The number of benzene rings is 1. The van der Waals surface area contributed by atoms with Crippen molar-refractivity contribution in [2.24, 2.45) is 0 Å². The van der Waals surface area contributed by atoms with Crippen molar-refractivity contribution >= 4 is 26.6 Å². The predicted molar refractivity (Wildman–Crippen MR) is 104 cm³/mol. The summed E-state index contributed by atoms with van der Waals surface area (Å²) < 4.78 is 23.5. The van der Waals surface area contributed by atoms with Crippen molar-refractivity contribution in [1.82, 2.24) is 14.9 Å². The van der Waals surface area contributed by atoms with Crippen molar-refractivity contribution in [3.8, 4) is 0 Å². The van der Waals surface area contributed by atoms with E-state index in [9.17, 15) is 18.0 Å². The molecule has 1 aliphatic rings. The van der Waals surface area contributed by atoms with Gasteiger partial charge >= 0.3 is 0 Å². The Morgan fingerprint density at radius 1 is 1.33 bits per heavy atom. The van der Waals surface area contributed by atoms with Crippen LogP contribution in [0.3, 0.4) is 0 Å². The van der Waals surface area contributed by atoms with E-state index < -0.39 is 9.84 Å². The molecule has 1 saturated heterocycles. The van der Waals surface area contributed by atoms with Crippen molar-refractivity contribution in [3.63, 3.8) is 0 Å². The molecule has 1 atom stereocenters. The number of aromatic nitrogens is 2. The van der Waals surface area contributed by atoms with Gasteiger partial charge in [0.1, 0.15) is 5.82 Å². The summed E-state index contributed by atoms with van der Waals surface area (Å²) >= 11 is 0. The summed E-state index contributed by atoms with van der Waals surface area (Å²) in [7, 11) is -3.02. The number of hydrogen-bond donors (Lipinski definition) is 1. The Bertz CT molecular complexity index is 984. The number of carbonyl (C=O) groups is 1. The summed E-state index contributed by atoms with van der Waals surface area (Å²) in [5.74, 6) is 0.769. The van der Waals surface area contributed by atoms with Crippen LogP contribution in [0.5, 0.6) is 0 Å². The highest BCUT2D eigenvalue weighted by Crippen LogP contribution is 2.19. The fraction of sp³-hybridized carbons (Fsp3) is 0.526. The lowest BCUT2D eigenvalue weighted by molar-refractivity contribution is -0.133. The number of carbonyl (C=O) groups excluding carboxylic acids is 1. The normalized spacial score (nSPS) is 18.6. The summed E-state index contributed by atoms with van der Waals surface area (Å²) in [6, 6.07) is 6.94. The molecule has 3 rings (SSSR count). The lowest BCUT2D eigenvalue weighted by Crippen LogP contribution is -2.41. The van der Waals surface area contributed by atoms with Gasteiger partial charge in [0.05, 0.1) is 22.4 Å². The van der Waals surface area contributed by atoms with Crippen molar-refractivity contribution in [1.29, 1.82) is 0 Å². The van der Waals surface area contributed by atoms with E-state index in [-0.39, 0.29) is 29.0 Å². The van der Waals surface area contributed by atoms with Gasteiger partial charge in [-0.25, -0.2) is 13.4 Å². The summed E-state index contributed by atoms with van der Waals surface area (Å²) in [5, 5.41) is 0.550. The third-order valence-electron chi connectivity index (χ3n) is 4.90. The average Bonchev–Trinajstić information content (AvgIpc) is 2.99. The first-order valence-corrected chi connectivity index (χ1v) is 11.2. The Morgan fingerprint density at radius 2 is 2.11 bits per heavy atom. The molecule has 2 aromatic rings. The second-order valence-electron chi connectivity index (χ2n) is 7.03. The van der Waals surface area contributed by atoms with Gasteiger partial charge < -0.3 is 9.88 Å². The largest absolute Gasteiger partial charge is 0.339 e. The van der Waals surface area contributed by atoms with E-state index >= 15 is 0 Å². The Labute approximate surface area is 158 Å². The number of aryl methyl sites for hydroxylation is 1. The standard InChI is InChI=1S/C19H25N3O4S/c1-2-11-22(14-10-12-27(25,26)13-14)18(23)9-5-8-17-20-16-7-4-3-6-15(16)19(24)21-17/h3-4,6-7,14H,2,5,8-13H2,1H3,(H,20,21,24). The maximum atomic E-state index is 12.6. The van der Waals surface area contributed by atoms with Crippen LogP contribution in [0.25, 0.3) is 10.9 Å². The van der Waals surface area contributed by atoms with Crippen molar-refractivity contribution in [3.05, 3.63) is 40.4 Å². The van der Waals surface area contributed by atoms with Gasteiger partial charge in [-0.1, -0.05) is 19.1 Å². The Balaban J connectivity index is 1.62. The first-order valence-electron chi connectivity index (χ1n) is 9.37. The summed E-state index contributed by atoms with van der Waals surface area (Å²) in [6.07, 6.45) is 2.68. The molecule has 1 aromatic carbocycles. The van der Waals surface area contributed by atoms with Crippen LogP contribution in [0.4, 0.5) is 0 Å². The molecule has 1 N–H and O–H groups in total. The Hall–Kier alpha value is -2.22. The summed E-state index contributed by atoms with van der Waals surface area (Å²) in [4.78, 5) is 33.7. The Kier molecular flexibility index (Phi) is 5.94. The third kappa shape index (κ3) is 4.74. The number of aromatic amines is 1. The molecule has 1 aromatic heterocycles. The molecule has 0 saturated carbocycles. The molecular formula is C19H25N3O4S. The van der Waals surface area contributed by atoms with E-state index in [2.05, 4.69) is 9.97 Å². The van der Waals surface area contributed by atoms with Crippen LogP contribution >= 0.6 is 0 Å². The first-order chi connectivity index (χ1) is 12.9. The molecule has 7 nitrogen and oxygen atoms in total. The highest BCUT2D eigenvalue weighted by atomic mass is 32.2. The van der Waals surface area contributed by atoms with Crippen LogP contribution in [-0.2, 0) is 21.1 Å². The molecule has 8 heteroatoms. The zero-order chi connectivity index (χ0) is 19.4. The van der Waals surface area contributed by atoms with Gasteiger partial charge in [0.2, 0.25) is 5.91 Å². The van der Waals surface area contributed by atoms with Crippen molar-refractivity contribution in [2.75, 3.05) is 18.1 Å². The quantitative estimate of drug-likeness (QED) is 0.774. The molecule has 1 amide bonds. The predicted octanol–water partition coefficient (Wildman–Crippen LogP) is 1.67. The van der Waals surface area contributed by atoms with Gasteiger partial charge in [-0.2, -0.15) is 0 Å². The van der Waals surface area contributed by atoms with Gasteiger partial charge in [-0.3, -0.25) is 9.59 Å². The fourth-order valence-corrected chi connectivity index (χ4v) is 5.31. The number of sulfone groups is 1. The molecule has 1 fully saturated rings. The second kappa shape index (κ2) is 8.21. The number of nitrogens with one attached hydrogen (secondary N) is 1. The second-order valence-corrected chi connectivity index (χ2v) is 9.26. The number of rotatable bonds is 7. The smallest absolute Gasteiger partial charge is 0.258 e. The van der Waals surface area contributed by atoms with Gasteiger partial charge in [0.25, 0.3) is 5.56 Å². The van der Waals surface area contributed by atoms with Gasteiger partial charge in [0, 0.05) is 25.4 Å². The minimum absolute atomic E-state index is 0.0258. The van der Waals surface area contributed by atoms with Crippen LogP contribution in [0, 0.1) is 0 Å². The number of amides is 1. The zero-order valence-electron chi connectivity index (χ0n) is 15.5. The van der Waals surface area contributed by atoms with E-state index in [0.29, 0.717) is 49.0 Å². The molecule has 0 aliphatic carbocycles. The van der Waals surface area contributed by atoms with E-state index in [1.165, 1.54) is 0 Å². The van der Waals surface area contributed by atoms with E-state index in [1.54, 1.807) is 23.1 Å². The van der Waals surface area contributed by atoms with Crippen molar-refractivity contribution < 1.29 is 13.2 Å². The number of nitrogens with zero attached hydrogens (tertiary/aromatic N) is 2. The topological polar surface area (TPSA) is 100 Å². The molecule has 1 unspecified atom stereocenters. The minimum Gasteiger partial charge on any atom is -0.339 e. The van der Waals surface area contributed by atoms with E-state index in [4.69, 9.17) is 0 Å². The average molecular weight is 391 g/mol. The molecule has 0 spiro atoms. The maximum absolute atomic E-state index is 12.6. The molecule has 0 bridgehead atoms. The van der Waals surface area contributed by atoms with Crippen LogP contribution in [0.1, 0.15) is 38.4 Å². The number of H-pyrrole nitrogens is 1. The SMILES string of the molecule is CCCN(C(=O)CCCc1nc2ccccc2c(=O)[nH]1)C1CCS(=O)(=O)C1. The lowest BCUT2D eigenvalue weighted by atomic mass is 10.1. The third-order valence-corrected chi connectivity index (χ3v) is 6.65. The number of fused-ring (bicyclic) bond motifs is 1. The van der Waals surface area contributed by atoms with Gasteiger partial charge in [0.15, 0.2) is 9.84 Å². The molecular weight excluding hydrogens is 366 g/mol. The highest BCUT2D eigenvalue weighted by molar-refractivity contribution is 7.91. The first kappa shape index (κ1) is 19.5. The highest BCUT2D eigenvalue weighted by Gasteiger charge is 2.33. The molecule has 0 radical (unpaired) electrons. The number of para-hydroxylation sites is 1. The molecule has 27 heavy (non-hydrogen) atoms. The Morgan fingerprint density at radius 3 is 2.81 bits per heavy atom. The number of hydrogen-bond acceptors (Lipinski definition) is 5. The lowest BCUT2D eigenvalue weighted by Gasteiger charge is -2.28. The molecule has 1 aliphatic heterocycles. The van der Waals surface area contributed by atoms with E-state index in [0.717, 1.165) is 6.42 Å².